The lowest BCUT2D eigenvalue weighted by molar-refractivity contribution is -0.193. The van der Waals surface area contributed by atoms with Gasteiger partial charge in [0.15, 0.2) is 0 Å². The lowest BCUT2D eigenvalue weighted by atomic mass is 9.75. The van der Waals surface area contributed by atoms with Gasteiger partial charge in [0.1, 0.15) is 0 Å². The predicted octanol–water partition coefficient (Wildman–Crippen LogP) is 3.83. The van der Waals surface area contributed by atoms with Gasteiger partial charge in [-0.3, -0.25) is 14.7 Å². The molecule has 2 N–H and O–H groups in total. The third-order valence-electron chi connectivity index (χ3n) is 6.07. The van der Waals surface area contributed by atoms with Crippen molar-refractivity contribution in [3.05, 3.63) is 30.1 Å². The number of carbonyl (C=O) groups excluding carboxylic acids is 1. The Hall–Kier alpha value is -2.94. The number of likely N-dealkylation sites (N-methyl/N-ethyl adjacent to an activating group) is 1. The number of ether oxygens (including phenoxy) is 1. The summed E-state index contributed by atoms with van der Waals surface area (Å²) in [5, 5.41) is 14.2. The number of alkyl halides is 6. The third-order valence-corrected chi connectivity index (χ3v) is 6.07. The number of halogens is 6. The number of likely N-dealkylation sites (tertiary alicyclic amines) is 2. The summed E-state index contributed by atoms with van der Waals surface area (Å²) in [5.41, 5.74) is 1.16. The molecule has 1 unspecified atom stereocenters. The van der Waals surface area contributed by atoms with E-state index in [1.807, 2.05) is 23.1 Å². The first-order chi connectivity index (χ1) is 17.9. The van der Waals surface area contributed by atoms with Crippen molar-refractivity contribution in [1.29, 1.82) is 0 Å². The Labute approximate surface area is 221 Å². The highest BCUT2D eigenvalue weighted by Crippen LogP contribution is 2.38. The first-order valence-electron chi connectivity index (χ1n) is 11.9. The summed E-state index contributed by atoms with van der Waals surface area (Å²) in [6.07, 6.45) is -5.41. The molecule has 1 amide bonds. The number of rotatable bonds is 6. The summed E-state index contributed by atoms with van der Waals surface area (Å²) in [6.45, 7) is 8.43. The fraction of sp³-hybridized carbons (Fsp3) is 0.667. The third kappa shape index (κ3) is 11.8. The molecule has 15 heteroatoms. The zero-order valence-electron chi connectivity index (χ0n) is 21.8. The van der Waals surface area contributed by atoms with Crippen LogP contribution in [0.3, 0.4) is 0 Å². The molecule has 0 aromatic carbocycles. The fourth-order valence-corrected chi connectivity index (χ4v) is 4.05. The smallest absolute Gasteiger partial charge is 0.475 e. The van der Waals surface area contributed by atoms with E-state index in [1.54, 1.807) is 6.20 Å². The lowest BCUT2D eigenvalue weighted by Gasteiger charge is -2.58. The average molecular weight is 574 g/mol. The zero-order valence-corrected chi connectivity index (χ0v) is 21.8. The topological polar surface area (TPSA) is 120 Å². The minimum Gasteiger partial charge on any atom is -0.475 e. The van der Waals surface area contributed by atoms with Crippen LogP contribution < -0.4 is 0 Å². The quantitative estimate of drug-likeness (QED) is 0.493. The highest BCUT2D eigenvalue weighted by molar-refractivity contribution is 5.77. The summed E-state index contributed by atoms with van der Waals surface area (Å²) < 4.78 is 69.4. The molecule has 39 heavy (non-hydrogen) atoms. The maximum atomic E-state index is 12.3. The number of carboxylic acid groups (broad SMARTS) is 2. The molecule has 0 saturated carbocycles. The molecular formula is C24H33F6N3O6. The van der Waals surface area contributed by atoms with E-state index in [1.165, 1.54) is 6.42 Å². The van der Waals surface area contributed by atoms with Crippen LogP contribution in [0.25, 0.3) is 0 Å². The Bertz CT molecular complexity index is 913. The van der Waals surface area contributed by atoms with Crippen molar-refractivity contribution in [2.24, 2.45) is 11.8 Å². The zero-order chi connectivity index (χ0) is 30.0. The summed E-state index contributed by atoms with van der Waals surface area (Å²) in [7, 11) is 2.20. The second kappa shape index (κ2) is 14.4. The van der Waals surface area contributed by atoms with Gasteiger partial charge in [-0.25, -0.2) is 9.59 Å². The first-order valence-corrected chi connectivity index (χ1v) is 11.9. The van der Waals surface area contributed by atoms with Crippen LogP contribution in [0, 0.1) is 11.8 Å². The van der Waals surface area contributed by atoms with Gasteiger partial charge >= 0.3 is 24.3 Å². The number of hydrogen-bond acceptors (Lipinski definition) is 6. The number of hydrogen-bond donors (Lipinski definition) is 2. The van der Waals surface area contributed by atoms with Crippen molar-refractivity contribution < 1.29 is 55.7 Å². The second-order valence-corrected chi connectivity index (χ2v) is 9.79. The molecular weight excluding hydrogens is 540 g/mol. The molecule has 1 atom stereocenters. The minimum absolute atomic E-state index is 0.171. The summed E-state index contributed by atoms with van der Waals surface area (Å²) in [4.78, 5) is 38.8. The van der Waals surface area contributed by atoms with E-state index >= 15 is 0 Å². The van der Waals surface area contributed by atoms with Gasteiger partial charge < -0.3 is 19.8 Å². The average Bonchev–Trinajstić information content (AvgIpc) is 2.78. The number of aromatic nitrogens is 1. The molecule has 0 radical (unpaired) electrons. The number of carbonyl (C=O) groups is 3. The van der Waals surface area contributed by atoms with Crippen LogP contribution in [0.2, 0.25) is 0 Å². The summed E-state index contributed by atoms with van der Waals surface area (Å²) in [5.74, 6) is -4.20. The minimum atomic E-state index is -5.08. The van der Waals surface area contributed by atoms with Crippen LogP contribution in [0.1, 0.15) is 38.8 Å². The van der Waals surface area contributed by atoms with Crippen molar-refractivity contribution in [2.45, 2.75) is 57.6 Å². The molecule has 9 nitrogen and oxygen atoms in total. The second-order valence-electron chi connectivity index (χ2n) is 9.79. The molecule has 1 aromatic rings. The van der Waals surface area contributed by atoms with Gasteiger partial charge in [0.2, 0.25) is 5.91 Å². The lowest BCUT2D eigenvalue weighted by Crippen LogP contribution is -2.72. The van der Waals surface area contributed by atoms with Crippen LogP contribution in [0.15, 0.2) is 24.4 Å². The van der Waals surface area contributed by atoms with Crippen LogP contribution in [-0.4, -0.2) is 94.0 Å². The number of carboxylic acids is 2. The molecule has 2 saturated heterocycles. The monoisotopic (exact) mass is 573 g/mol. The van der Waals surface area contributed by atoms with Crippen molar-refractivity contribution in [1.82, 2.24) is 14.8 Å². The van der Waals surface area contributed by atoms with E-state index in [4.69, 9.17) is 24.5 Å². The van der Waals surface area contributed by atoms with Gasteiger partial charge in [-0.05, 0) is 50.4 Å². The maximum Gasteiger partial charge on any atom is 0.490 e. The van der Waals surface area contributed by atoms with E-state index in [9.17, 15) is 31.1 Å². The van der Waals surface area contributed by atoms with Gasteiger partial charge in [-0.15, -0.1) is 0 Å². The standard InChI is InChI=1S/C20H31N3O2.2C2HF3O2/c1-16(2)10-19(24)23-14-20(15-23)11-17(7-9-22(20)3)12-25-13-18-6-4-5-8-21-18;2*3-2(4,5)1(6)7/h4-6,8,16-17H,7,9-15H2,1-3H3;2*(H,6,7). The SMILES string of the molecule is CC(C)CC(=O)N1CC2(CC(COCc3ccccn3)CCN2C)C1.O=C(O)C(F)(F)F.O=C(O)C(F)(F)F. The normalized spacial score (nSPS) is 18.8. The Morgan fingerprint density at radius 3 is 2.05 bits per heavy atom. The molecule has 0 bridgehead atoms. The highest BCUT2D eigenvalue weighted by atomic mass is 19.4. The number of amides is 1. The Kier molecular flexibility index (Phi) is 12.6. The number of pyridine rings is 1. The predicted molar refractivity (Wildman–Crippen MR) is 125 cm³/mol. The van der Waals surface area contributed by atoms with Crippen molar-refractivity contribution in [3.63, 3.8) is 0 Å². The van der Waals surface area contributed by atoms with Crippen molar-refractivity contribution in [3.8, 4) is 0 Å². The molecule has 1 aromatic heterocycles. The molecule has 0 aliphatic carbocycles. The van der Waals surface area contributed by atoms with E-state index in [0.717, 1.165) is 38.4 Å². The van der Waals surface area contributed by atoms with E-state index in [-0.39, 0.29) is 5.54 Å². The molecule has 222 valence electrons. The molecule has 2 aliphatic rings. The maximum absolute atomic E-state index is 12.3. The summed E-state index contributed by atoms with van der Waals surface area (Å²) in [6, 6.07) is 5.92. The first kappa shape index (κ1) is 34.1. The van der Waals surface area contributed by atoms with Crippen LogP contribution in [-0.2, 0) is 25.7 Å². The molecule has 1 spiro atoms. The van der Waals surface area contributed by atoms with Gasteiger partial charge in [-0.1, -0.05) is 19.9 Å². The molecule has 2 aliphatic heterocycles. The number of piperidine rings is 1. The fourth-order valence-electron chi connectivity index (χ4n) is 4.05. The Balaban J connectivity index is 0.000000449. The molecule has 2 fully saturated rings. The number of nitrogens with zero attached hydrogens (tertiary/aromatic N) is 3. The van der Waals surface area contributed by atoms with Gasteiger partial charge in [0.25, 0.3) is 0 Å². The number of aliphatic carboxylic acids is 2. The van der Waals surface area contributed by atoms with Gasteiger partial charge in [0.05, 0.1) is 24.4 Å². The summed E-state index contributed by atoms with van der Waals surface area (Å²) >= 11 is 0. The highest BCUT2D eigenvalue weighted by Gasteiger charge is 2.50. The Morgan fingerprint density at radius 2 is 1.62 bits per heavy atom. The van der Waals surface area contributed by atoms with Crippen LogP contribution in [0.4, 0.5) is 26.3 Å². The largest absolute Gasteiger partial charge is 0.490 e. The van der Waals surface area contributed by atoms with Crippen LogP contribution in [0.5, 0.6) is 0 Å². The van der Waals surface area contributed by atoms with E-state index in [2.05, 4.69) is 30.8 Å². The van der Waals surface area contributed by atoms with E-state index in [0.29, 0.717) is 30.8 Å². The molecule has 3 heterocycles. The van der Waals surface area contributed by atoms with Crippen molar-refractivity contribution in [2.75, 3.05) is 33.3 Å². The van der Waals surface area contributed by atoms with Crippen LogP contribution >= 0.6 is 0 Å². The van der Waals surface area contributed by atoms with E-state index < -0.39 is 24.3 Å². The van der Waals surface area contributed by atoms with Gasteiger partial charge in [-0.2, -0.15) is 26.3 Å². The Morgan fingerprint density at radius 1 is 1.08 bits per heavy atom. The van der Waals surface area contributed by atoms with Gasteiger partial charge in [0, 0.05) is 25.7 Å². The van der Waals surface area contributed by atoms with Crippen molar-refractivity contribution >= 4 is 17.8 Å². The molecule has 3 rings (SSSR count).